The van der Waals surface area contributed by atoms with Gasteiger partial charge in [-0.15, -0.1) is 0 Å². The quantitative estimate of drug-likeness (QED) is 0.669. The number of hydrogen-bond donors (Lipinski definition) is 1. The second-order valence-corrected chi connectivity index (χ2v) is 6.64. The van der Waals surface area contributed by atoms with Crippen molar-refractivity contribution < 1.29 is 0 Å². The lowest BCUT2D eigenvalue weighted by atomic mass is 9.87. The van der Waals surface area contributed by atoms with Crippen LogP contribution in [0.2, 0.25) is 0 Å². The summed E-state index contributed by atoms with van der Waals surface area (Å²) in [7, 11) is 2.33. The second-order valence-electron chi connectivity index (χ2n) is 6.64. The van der Waals surface area contributed by atoms with E-state index in [9.17, 15) is 0 Å². The van der Waals surface area contributed by atoms with Gasteiger partial charge in [-0.2, -0.15) is 0 Å². The van der Waals surface area contributed by atoms with Crippen LogP contribution in [0.1, 0.15) is 78.1 Å². The van der Waals surface area contributed by atoms with Gasteiger partial charge in [0.05, 0.1) is 0 Å². The fourth-order valence-corrected chi connectivity index (χ4v) is 3.63. The summed E-state index contributed by atoms with van der Waals surface area (Å²) in [6.07, 6.45) is 13.6. The van der Waals surface area contributed by atoms with E-state index in [0.29, 0.717) is 5.54 Å². The summed E-state index contributed by atoms with van der Waals surface area (Å²) >= 11 is 0. The Labute approximate surface area is 121 Å². The highest BCUT2D eigenvalue weighted by Gasteiger charge is 2.34. The van der Waals surface area contributed by atoms with Crippen molar-refractivity contribution >= 4 is 0 Å². The molecule has 0 radical (unpaired) electrons. The lowest BCUT2D eigenvalue weighted by molar-refractivity contribution is 0.0859. The third kappa shape index (κ3) is 5.07. The van der Waals surface area contributed by atoms with Crippen LogP contribution in [0.15, 0.2) is 0 Å². The van der Waals surface area contributed by atoms with Crippen molar-refractivity contribution in [3.8, 4) is 0 Å². The van der Waals surface area contributed by atoms with Gasteiger partial charge in [-0.3, -0.25) is 4.90 Å². The molecule has 1 aliphatic rings. The molecule has 0 heterocycles. The molecule has 2 N–H and O–H groups in total. The van der Waals surface area contributed by atoms with Gasteiger partial charge in [-0.25, -0.2) is 0 Å². The molecule has 0 saturated heterocycles. The van der Waals surface area contributed by atoms with E-state index in [1.54, 1.807) is 0 Å². The van der Waals surface area contributed by atoms with Gasteiger partial charge in [0.15, 0.2) is 0 Å². The predicted molar refractivity (Wildman–Crippen MR) is 85.4 cm³/mol. The van der Waals surface area contributed by atoms with E-state index in [1.807, 2.05) is 0 Å². The molecule has 1 saturated carbocycles. The zero-order valence-electron chi connectivity index (χ0n) is 13.6. The molecule has 1 atom stereocenters. The first-order valence-electron chi connectivity index (χ1n) is 8.59. The Kier molecular flexibility index (Phi) is 8.01. The zero-order chi connectivity index (χ0) is 14.1. The summed E-state index contributed by atoms with van der Waals surface area (Å²) in [6.45, 7) is 6.72. The Bertz CT molecular complexity index is 219. The van der Waals surface area contributed by atoms with Gasteiger partial charge >= 0.3 is 0 Å². The standard InChI is InChI=1S/C17H36N2/c1-4-6-11-16(5-2)14-19(3)17(15-18)12-9-7-8-10-13-17/h16H,4-15,18H2,1-3H3. The highest BCUT2D eigenvalue weighted by molar-refractivity contribution is 4.92. The monoisotopic (exact) mass is 268 g/mol. The van der Waals surface area contributed by atoms with Gasteiger partial charge in [0, 0.05) is 18.6 Å². The van der Waals surface area contributed by atoms with Gasteiger partial charge < -0.3 is 5.73 Å². The molecule has 1 unspecified atom stereocenters. The zero-order valence-corrected chi connectivity index (χ0v) is 13.6. The van der Waals surface area contributed by atoms with Crippen LogP contribution in [0, 0.1) is 5.92 Å². The molecule has 2 heteroatoms. The third-order valence-corrected chi connectivity index (χ3v) is 5.30. The molecule has 0 aromatic rings. The number of hydrogen-bond acceptors (Lipinski definition) is 2. The number of nitrogens with zero attached hydrogens (tertiary/aromatic N) is 1. The molecule has 1 fully saturated rings. The van der Waals surface area contributed by atoms with Crippen molar-refractivity contribution in [3.63, 3.8) is 0 Å². The van der Waals surface area contributed by atoms with E-state index < -0.39 is 0 Å². The number of nitrogens with two attached hydrogens (primary N) is 1. The third-order valence-electron chi connectivity index (χ3n) is 5.30. The first-order chi connectivity index (χ1) is 9.18. The Morgan fingerprint density at radius 1 is 1.11 bits per heavy atom. The highest BCUT2D eigenvalue weighted by Crippen LogP contribution is 2.32. The summed E-state index contributed by atoms with van der Waals surface area (Å²) in [6, 6.07) is 0. The minimum Gasteiger partial charge on any atom is -0.329 e. The average molecular weight is 268 g/mol. The van der Waals surface area contributed by atoms with E-state index >= 15 is 0 Å². The van der Waals surface area contributed by atoms with Crippen LogP contribution >= 0.6 is 0 Å². The molecule has 19 heavy (non-hydrogen) atoms. The van der Waals surface area contributed by atoms with Gasteiger partial charge in [0.25, 0.3) is 0 Å². The molecular formula is C17H36N2. The molecule has 0 bridgehead atoms. The fourth-order valence-electron chi connectivity index (χ4n) is 3.63. The second kappa shape index (κ2) is 8.97. The van der Waals surface area contributed by atoms with E-state index in [-0.39, 0.29) is 0 Å². The van der Waals surface area contributed by atoms with Crippen LogP contribution < -0.4 is 5.73 Å². The molecular weight excluding hydrogens is 232 g/mol. The number of rotatable bonds is 8. The van der Waals surface area contributed by atoms with Gasteiger partial charge in [-0.05, 0) is 32.2 Å². The summed E-state index contributed by atoms with van der Waals surface area (Å²) in [5, 5.41) is 0. The van der Waals surface area contributed by atoms with E-state index in [0.717, 1.165) is 12.5 Å². The first kappa shape index (κ1) is 17.0. The molecule has 0 amide bonds. The Morgan fingerprint density at radius 3 is 2.21 bits per heavy atom. The summed E-state index contributed by atoms with van der Waals surface area (Å²) in [5.74, 6) is 0.858. The van der Waals surface area contributed by atoms with Gasteiger partial charge in [-0.1, -0.05) is 58.8 Å². The minimum atomic E-state index is 0.302. The molecule has 114 valence electrons. The van der Waals surface area contributed by atoms with Crippen molar-refractivity contribution in [1.29, 1.82) is 0 Å². The first-order valence-corrected chi connectivity index (χ1v) is 8.59. The van der Waals surface area contributed by atoms with Crippen molar-refractivity contribution in [1.82, 2.24) is 4.90 Å². The SMILES string of the molecule is CCCCC(CC)CN(C)C1(CN)CCCCCC1. The van der Waals surface area contributed by atoms with Gasteiger partial charge in [0.1, 0.15) is 0 Å². The maximum absolute atomic E-state index is 6.18. The molecule has 0 spiro atoms. The highest BCUT2D eigenvalue weighted by atomic mass is 15.2. The van der Waals surface area contributed by atoms with Crippen LogP contribution in [0.25, 0.3) is 0 Å². The fraction of sp³-hybridized carbons (Fsp3) is 1.00. The minimum absolute atomic E-state index is 0.302. The lowest BCUT2D eigenvalue weighted by Crippen LogP contribution is -2.53. The average Bonchev–Trinajstić information content (AvgIpc) is 2.69. The molecule has 0 aliphatic heterocycles. The summed E-state index contributed by atoms with van der Waals surface area (Å²) < 4.78 is 0. The number of unbranched alkanes of at least 4 members (excludes halogenated alkanes) is 1. The largest absolute Gasteiger partial charge is 0.329 e. The van der Waals surface area contributed by atoms with Crippen molar-refractivity contribution in [2.24, 2.45) is 11.7 Å². The smallest absolute Gasteiger partial charge is 0.0328 e. The van der Waals surface area contributed by atoms with E-state index in [4.69, 9.17) is 5.73 Å². The summed E-state index contributed by atoms with van der Waals surface area (Å²) in [4.78, 5) is 2.63. The van der Waals surface area contributed by atoms with Crippen LogP contribution in [0.3, 0.4) is 0 Å². The van der Waals surface area contributed by atoms with Crippen LogP contribution in [-0.4, -0.2) is 30.6 Å². The van der Waals surface area contributed by atoms with Crippen molar-refractivity contribution in [2.75, 3.05) is 20.1 Å². The van der Waals surface area contributed by atoms with E-state index in [2.05, 4.69) is 25.8 Å². The molecule has 2 nitrogen and oxygen atoms in total. The normalized spacial score (nSPS) is 21.3. The Balaban J connectivity index is 2.57. The van der Waals surface area contributed by atoms with E-state index in [1.165, 1.54) is 70.8 Å². The van der Waals surface area contributed by atoms with Gasteiger partial charge in [0.2, 0.25) is 0 Å². The Hall–Kier alpha value is -0.0800. The molecule has 1 rings (SSSR count). The molecule has 1 aliphatic carbocycles. The topological polar surface area (TPSA) is 29.3 Å². The van der Waals surface area contributed by atoms with Crippen molar-refractivity contribution in [2.45, 2.75) is 83.6 Å². The lowest BCUT2D eigenvalue weighted by Gasteiger charge is -2.42. The molecule has 0 aromatic heterocycles. The molecule has 0 aromatic carbocycles. The number of likely N-dealkylation sites (N-methyl/N-ethyl adjacent to an activating group) is 1. The maximum Gasteiger partial charge on any atom is 0.0328 e. The van der Waals surface area contributed by atoms with Crippen molar-refractivity contribution in [3.05, 3.63) is 0 Å². The summed E-state index contributed by atoms with van der Waals surface area (Å²) in [5.41, 5.74) is 6.49. The van der Waals surface area contributed by atoms with Crippen LogP contribution in [0.4, 0.5) is 0 Å². The predicted octanol–water partition coefficient (Wildman–Crippen LogP) is 4.19. The maximum atomic E-state index is 6.18. The van der Waals surface area contributed by atoms with Crippen LogP contribution in [-0.2, 0) is 0 Å². The van der Waals surface area contributed by atoms with Crippen LogP contribution in [0.5, 0.6) is 0 Å². The Morgan fingerprint density at radius 2 is 1.74 bits per heavy atom.